The van der Waals surface area contributed by atoms with Gasteiger partial charge in [-0.3, -0.25) is 14.1 Å². The molecule has 0 saturated heterocycles. The highest BCUT2D eigenvalue weighted by Gasteiger charge is 2.22. The quantitative estimate of drug-likeness (QED) is 0.0295. The fourth-order valence-corrected chi connectivity index (χ4v) is 5.79. The Kier molecular flexibility index (Phi) is 32.8. The minimum Gasteiger partial charge on any atom is -0.462 e. The molecule has 0 heterocycles. The van der Waals surface area contributed by atoms with Crippen LogP contribution in [0.5, 0.6) is 0 Å². The maximum atomic E-state index is 12.3. The SMILES string of the molecule is CCCCCCCCCC/C=C\CCCCCCCCCC(=O)OC[C@H](COP(=O)(O)O)OC(=O)CCCCCCCCCCC. The smallest absolute Gasteiger partial charge is 0.462 e. The predicted molar refractivity (Wildman–Crippen MR) is 189 cm³/mol. The zero-order chi connectivity index (χ0) is 34.0. The van der Waals surface area contributed by atoms with Gasteiger partial charge in [0.1, 0.15) is 6.61 Å². The van der Waals surface area contributed by atoms with E-state index in [1.807, 2.05) is 0 Å². The van der Waals surface area contributed by atoms with Crippen molar-refractivity contribution in [3.8, 4) is 0 Å². The number of carbonyl (C=O) groups excluding carboxylic acids is 2. The zero-order valence-corrected chi connectivity index (χ0v) is 30.6. The fourth-order valence-electron chi connectivity index (χ4n) is 5.43. The van der Waals surface area contributed by atoms with Crippen molar-refractivity contribution in [1.29, 1.82) is 0 Å². The molecule has 1 atom stereocenters. The number of phosphoric acid groups is 1. The number of carbonyl (C=O) groups is 2. The summed E-state index contributed by atoms with van der Waals surface area (Å²) >= 11 is 0. The maximum absolute atomic E-state index is 12.3. The molecule has 0 bridgehead atoms. The Hall–Kier alpha value is -1.21. The van der Waals surface area contributed by atoms with Crippen molar-refractivity contribution in [3.05, 3.63) is 12.2 Å². The van der Waals surface area contributed by atoms with Gasteiger partial charge in [-0.25, -0.2) is 4.57 Å². The summed E-state index contributed by atoms with van der Waals surface area (Å²) < 4.78 is 26.2. The van der Waals surface area contributed by atoms with Gasteiger partial charge in [0.05, 0.1) is 6.61 Å². The summed E-state index contributed by atoms with van der Waals surface area (Å²) in [5, 5.41) is 0. The summed E-state index contributed by atoms with van der Waals surface area (Å²) in [7, 11) is -4.74. The van der Waals surface area contributed by atoms with Gasteiger partial charge in [-0.1, -0.05) is 154 Å². The first-order valence-electron chi connectivity index (χ1n) is 19.0. The van der Waals surface area contributed by atoms with Crippen LogP contribution in [-0.4, -0.2) is 41.0 Å². The van der Waals surface area contributed by atoms with Crippen LogP contribution in [0.2, 0.25) is 0 Å². The van der Waals surface area contributed by atoms with Crippen LogP contribution in [0.25, 0.3) is 0 Å². The van der Waals surface area contributed by atoms with Crippen molar-refractivity contribution in [2.75, 3.05) is 13.2 Å². The van der Waals surface area contributed by atoms with Crippen LogP contribution < -0.4 is 0 Å². The highest BCUT2D eigenvalue weighted by Crippen LogP contribution is 2.36. The zero-order valence-electron chi connectivity index (χ0n) is 29.7. The number of unbranched alkanes of at least 4 members (excludes halogenated alkanes) is 23. The lowest BCUT2D eigenvalue weighted by Gasteiger charge is -2.18. The van der Waals surface area contributed by atoms with E-state index in [2.05, 4.69) is 30.5 Å². The van der Waals surface area contributed by atoms with Crippen LogP contribution in [-0.2, 0) is 28.2 Å². The van der Waals surface area contributed by atoms with Gasteiger partial charge in [0.2, 0.25) is 0 Å². The Morgan fingerprint density at radius 1 is 0.543 bits per heavy atom. The Labute approximate surface area is 282 Å². The molecule has 2 N–H and O–H groups in total. The van der Waals surface area contributed by atoms with Gasteiger partial charge in [0.25, 0.3) is 0 Å². The van der Waals surface area contributed by atoms with E-state index in [1.165, 1.54) is 109 Å². The number of phosphoric ester groups is 1. The molecule has 0 aliphatic heterocycles. The average Bonchev–Trinajstić information content (AvgIpc) is 3.02. The van der Waals surface area contributed by atoms with Gasteiger partial charge in [-0.15, -0.1) is 0 Å². The lowest BCUT2D eigenvalue weighted by molar-refractivity contribution is -0.161. The first kappa shape index (κ1) is 44.8. The predicted octanol–water partition coefficient (Wildman–Crippen LogP) is 11.1. The largest absolute Gasteiger partial charge is 0.469 e. The standard InChI is InChI=1S/C37H71O8P/c1-3-5-7-9-11-13-14-15-16-17-18-19-20-21-22-24-25-27-29-31-36(38)43-33-35(34-44-46(40,41)42)45-37(39)32-30-28-26-23-12-10-8-6-4-2/h17-18,35H,3-16,19-34H2,1-2H3,(H2,40,41,42)/b18-17-/t35-/m1/s1. The molecule has 0 aromatic rings. The van der Waals surface area contributed by atoms with Crippen LogP contribution in [0, 0.1) is 0 Å². The molecule has 0 fully saturated rings. The molecule has 0 aliphatic rings. The summed E-state index contributed by atoms with van der Waals surface area (Å²) in [5.74, 6) is -0.886. The molecule has 8 nitrogen and oxygen atoms in total. The van der Waals surface area contributed by atoms with E-state index >= 15 is 0 Å². The van der Waals surface area contributed by atoms with E-state index in [9.17, 15) is 14.2 Å². The normalized spacial score (nSPS) is 12.5. The lowest BCUT2D eigenvalue weighted by atomic mass is 10.1. The second-order valence-electron chi connectivity index (χ2n) is 12.9. The van der Waals surface area contributed by atoms with Gasteiger partial charge in [0.15, 0.2) is 6.10 Å². The van der Waals surface area contributed by atoms with Crippen molar-refractivity contribution < 1.29 is 37.9 Å². The molecule has 272 valence electrons. The number of allylic oxidation sites excluding steroid dienone is 2. The molecule has 0 rings (SSSR count). The Morgan fingerprint density at radius 3 is 1.33 bits per heavy atom. The highest BCUT2D eigenvalue weighted by molar-refractivity contribution is 7.46. The Balaban J connectivity index is 3.87. The van der Waals surface area contributed by atoms with Crippen LogP contribution in [0.3, 0.4) is 0 Å². The molecule has 46 heavy (non-hydrogen) atoms. The van der Waals surface area contributed by atoms with Crippen LogP contribution in [0.15, 0.2) is 12.2 Å². The van der Waals surface area contributed by atoms with Crippen molar-refractivity contribution >= 4 is 19.8 Å². The molecule has 0 amide bonds. The molecule has 0 spiro atoms. The van der Waals surface area contributed by atoms with Gasteiger partial charge < -0.3 is 19.3 Å². The minimum absolute atomic E-state index is 0.215. The van der Waals surface area contributed by atoms with Crippen molar-refractivity contribution in [3.63, 3.8) is 0 Å². The average molecular weight is 675 g/mol. The summed E-state index contributed by atoms with van der Waals surface area (Å²) in [6, 6.07) is 0. The molecule has 9 heteroatoms. The van der Waals surface area contributed by atoms with Gasteiger partial charge >= 0.3 is 19.8 Å². The van der Waals surface area contributed by atoms with Crippen LogP contribution in [0.4, 0.5) is 0 Å². The molecule has 0 unspecified atom stereocenters. The van der Waals surface area contributed by atoms with Crippen LogP contribution >= 0.6 is 7.82 Å². The van der Waals surface area contributed by atoms with Gasteiger partial charge in [0, 0.05) is 12.8 Å². The van der Waals surface area contributed by atoms with E-state index in [1.54, 1.807) is 0 Å². The summed E-state index contributed by atoms with van der Waals surface area (Å²) in [5.41, 5.74) is 0. The molecule has 0 aromatic carbocycles. The molecule has 0 aliphatic carbocycles. The summed E-state index contributed by atoms with van der Waals surface area (Å²) in [6.07, 6.45) is 35.2. The van der Waals surface area contributed by atoms with Crippen molar-refractivity contribution in [1.82, 2.24) is 0 Å². The number of ether oxygens (including phenoxy) is 2. The molecular formula is C37H71O8P. The molecule has 0 saturated carbocycles. The first-order valence-corrected chi connectivity index (χ1v) is 20.5. The summed E-state index contributed by atoms with van der Waals surface area (Å²) in [6.45, 7) is 3.65. The molecular weight excluding hydrogens is 603 g/mol. The first-order chi connectivity index (χ1) is 22.3. The highest BCUT2D eigenvalue weighted by atomic mass is 31.2. The molecule has 0 aromatic heterocycles. The van der Waals surface area contributed by atoms with E-state index in [0.717, 1.165) is 51.4 Å². The minimum atomic E-state index is -4.74. The van der Waals surface area contributed by atoms with Crippen molar-refractivity contribution in [2.24, 2.45) is 0 Å². The molecule has 0 radical (unpaired) electrons. The second kappa shape index (κ2) is 33.7. The third-order valence-electron chi connectivity index (χ3n) is 8.28. The van der Waals surface area contributed by atoms with E-state index in [0.29, 0.717) is 6.42 Å². The van der Waals surface area contributed by atoms with Crippen LogP contribution in [0.1, 0.15) is 194 Å². The maximum Gasteiger partial charge on any atom is 0.469 e. The number of rotatable bonds is 35. The topological polar surface area (TPSA) is 119 Å². The third kappa shape index (κ3) is 35.6. The lowest BCUT2D eigenvalue weighted by Crippen LogP contribution is -2.29. The Bertz CT molecular complexity index is 766. The number of hydrogen-bond acceptors (Lipinski definition) is 6. The van der Waals surface area contributed by atoms with E-state index < -0.39 is 32.5 Å². The Morgan fingerprint density at radius 2 is 0.913 bits per heavy atom. The van der Waals surface area contributed by atoms with Gasteiger partial charge in [-0.05, 0) is 38.5 Å². The van der Waals surface area contributed by atoms with Crippen molar-refractivity contribution in [2.45, 2.75) is 200 Å². The third-order valence-corrected chi connectivity index (χ3v) is 8.77. The number of hydrogen-bond donors (Lipinski definition) is 2. The number of esters is 2. The fraction of sp³-hybridized carbons (Fsp3) is 0.892. The summed E-state index contributed by atoms with van der Waals surface area (Å²) in [4.78, 5) is 42.6. The van der Waals surface area contributed by atoms with E-state index in [-0.39, 0.29) is 19.4 Å². The monoisotopic (exact) mass is 674 g/mol. The van der Waals surface area contributed by atoms with E-state index in [4.69, 9.17) is 19.3 Å². The second-order valence-corrected chi connectivity index (χ2v) is 14.1. The van der Waals surface area contributed by atoms with Gasteiger partial charge in [-0.2, -0.15) is 0 Å².